The maximum atomic E-state index is 11.6. The number of esters is 1. The molecule has 0 aromatic heterocycles. The van der Waals surface area contributed by atoms with Gasteiger partial charge in [-0.2, -0.15) is 5.26 Å². The highest BCUT2D eigenvalue weighted by atomic mass is 35.5. The second-order valence-corrected chi connectivity index (χ2v) is 4.99. The van der Waals surface area contributed by atoms with Crippen molar-refractivity contribution in [2.24, 2.45) is 5.92 Å². The lowest BCUT2D eigenvalue weighted by molar-refractivity contribution is -0.145. The molecule has 1 aromatic carbocycles. The summed E-state index contributed by atoms with van der Waals surface area (Å²) in [4.78, 5) is 13.7. The molecule has 0 amide bonds. The zero-order valence-electron chi connectivity index (χ0n) is 10.7. The van der Waals surface area contributed by atoms with Gasteiger partial charge in [-0.1, -0.05) is 11.6 Å². The van der Waals surface area contributed by atoms with Crippen LogP contribution in [0.15, 0.2) is 18.2 Å². The number of methoxy groups -OCH3 is 1. The number of carbonyl (C=O) groups excluding carboxylic acids is 1. The summed E-state index contributed by atoms with van der Waals surface area (Å²) >= 11 is 6.03. The summed E-state index contributed by atoms with van der Waals surface area (Å²) in [5.74, 6) is -0.252. The van der Waals surface area contributed by atoms with E-state index in [4.69, 9.17) is 21.6 Å². The minimum Gasteiger partial charge on any atom is -0.469 e. The highest BCUT2D eigenvalue weighted by molar-refractivity contribution is 6.32. The van der Waals surface area contributed by atoms with Crippen LogP contribution in [-0.2, 0) is 9.53 Å². The number of ether oxygens (including phenoxy) is 1. The molecule has 0 spiro atoms. The van der Waals surface area contributed by atoms with Crippen molar-refractivity contribution in [2.45, 2.75) is 12.8 Å². The van der Waals surface area contributed by atoms with Gasteiger partial charge in [0.25, 0.3) is 0 Å². The van der Waals surface area contributed by atoms with E-state index in [1.54, 1.807) is 12.1 Å². The number of hydrogen-bond donors (Lipinski definition) is 0. The predicted molar refractivity (Wildman–Crippen MR) is 73.1 cm³/mol. The van der Waals surface area contributed by atoms with Crippen molar-refractivity contribution in [3.05, 3.63) is 28.8 Å². The molecule has 100 valence electrons. The Morgan fingerprint density at radius 3 is 3.00 bits per heavy atom. The monoisotopic (exact) mass is 278 g/mol. The number of halogens is 1. The van der Waals surface area contributed by atoms with Gasteiger partial charge < -0.3 is 9.64 Å². The standard InChI is InChI=1S/C14H15ClN2O2/c1-19-14(18)11-3-2-6-17(9-11)12-5-4-10(8-16)13(15)7-12/h4-5,7,11H,2-3,6,9H2,1H3/t11-/m0/s1. The van der Waals surface area contributed by atoms with E-state index < -0.39 is 0 Å². The third-order valence-corrected chi connectivity index (χ3v) is 3.71. The van der Waals surface area contributed by atoms with Gasteiger partial charge in [-0.3, -0.25) is 4.79 Å². The van der Waals surface area contributed by atoms with Gasteiger partial charge in [0.15, 0.2) is 0 Å². The minimum atomic E-state index is -0.163. The predicted octanol–water partition coefficient (Wildman–Crippen LogP) is 2.60. The molecule has 0 unspecified atom stereocenters. The molecule has 0 radical (unpaired) electrons. The second-order valence-electron chi connectivity index (χ2n) is 4.58. The van der Waals surface area contributed by atoms with Crippen molar-refractivity contribution in [1.29, 1.82) is 5.26 Å². The van der Waals surface area contributed by atoms with Crippen LogP contribution in [0.2, 0.25) is 5.02 Å². The molecule has 1 saturated heterocycles. The lowest BCUT2D eigenvalue weighted by Crippen LogP contribution is -2.39. The van der Waals surface area contributed by atoms with Crippen molar-refractivity contribution in [1.82, 2.24) is 0 Å². The average molecular weight is 279 g/mol. The number of anilines is 1. The number of piperidine rings is 1. The number of rotatable bonds is 2. The summed E-state index contributed by atoms with van der Waals surface area (Å²) < 4.78 is 4.80. The molecule has 5 heteroatoms. The van der Waals surface area contributed by atoms with Gasteiger partial charge in [-0.15, -0.1) is 0 Å². The summed E-state index contributed by atoms with van der Waals surface area (Å²) in [6, 6.07) is 7.39. The first-order chi connectivity index (χ1) is 9.15. The first-order valence-corrected chi connectivity index (χ1v) is 6.56. The van der Waals surface area contributed by atoms with Crippen molar-refractivity contribution < 1.29 is 9.53 Å². The maximum absolute atomic E-state index is 11.6. The summed E-state index contributed by atoms with van der Waals surface area (Å²) in [7, 11) is 1.42. The first-order valence-electron chi connectivity index (χ1n) is 6.18. The molecule has 0 N–H and O–H groups in total. The van der Waals surface area contributed by atoms with E-state index in [2.05, 4.69) is 4.90 Å². The van der Waals surface area contributed by atoms with Crippen LogP contribution in [0, 0.1) is 17.2 Å². The van der Waals surface area contributed by atoms with Crippen LogP contribution >= 0.6 is 11.6 Å². The van der Waals surface area contributed by atoms with E-state index in [0.29, 0.717) is 17.1 Å². The summed E-state index contributed by atoms with van der Waals surface area (Å²) in [6.45, 7) is 1.52. The van der Waals surface area contributed by atoms with Crippen molar-refractivity contribution in [3.8, 4) is 6.07 Å². The fourth-order valence-corrected chi connectivity index (χ4v) is 2.58. The first kappa shape index (κ1) is 13.7. The van der Waals surface area contributed by atoms with Gasteiger partial charge in [-0.05, 0) is 31.0 Å². The molecular formula is C14H15ClN2O2. The van der Waals surface area contributed by atoms with Crippen LogP contribution in [0.3, 0.4) is 0 Å². The van der Waals surface area contributed by atoms with E-state index in [1.807, 2.05) is 12.1 Å². The second kappa shape index (κ2) is 5.94. The molecule has 1 heterocycles. The highest BCUT2D eigenvalue weighted by Gasteiger charge is 2.26. The summed E-state index contributed by atoms with van der Waals surface area (Å²) in [6.07, 6.45) is 1.80. The Labute approximate surface area is 117 Å². The van der Waals surface area contributed by atoms with Crippen LogP contribution in [0.4, 0.5) is 5.69 Å². The number of benzene rings is 1. The number of nitrogens with zero attached hydrogens (tertiary/aromatic N) is 2. The van der Waals surface area contributed by atoms with Gasteiger partial charge >= 0.3 is 5.97 Å². The Hall–Kier alpha value is -1.73. The number of carbonyl (C=O) groups is 1. The zero-order chi connectivity index (χ0) is 13.8. The third-order valence-electron chi connectivity index (χ3n) is 3.39. The smallest absolute Gasteiger partial charge is 0.310 e. The van der Waals surface area contributed by atoms with Crippen LogP contribution in [0.1, 0.15) is 18.4 Å². The van der Waals surface area contributed by atoms with E-state index in [0.717, 1.165) is 25.1 Å². The summed E-state index contributed by atoms with van der Waals surface area (Å²) in [5.41, 5.74) is 1.41. The molecule has 2 rings (SSSR count). The van der Waals surface area contributed by atoms with Crippen LogP contribution in [0.25, 0.3) is 0 Å². The molecule has 0 aliphatic carbocycles. The molecule has 0 bridgehead atoms. The minimum absolute atomic E-state index is 0.0897. The quantitative estimate of drug-likeness (QED) is 0.780. The SMILES string of the molecule is COC(=O)[C@H]1CCCN(c2ccc(C#N)c(Cl)c2)C1. The maximum Gasteiger partial charge on any atom is 0.310 e. The van der Waals surface area contributed by atoms with Gasteiger partial charge in [-0.25, -0.2) is 0 Å². The van der Waals surface area contributed by atoms with Gasteiger partial charge in [0.2, 0.25) is 0 Å². The highest BCUT2D eigenvalue weighted by Crippen LogP contribution is 2.27. The number of nitriles is 1. The van der Waals surface area contributed by atoms with Gasteiger partial charge in [0, 0.05) is 18.8 Å². The van der Waals surface area contributed by atoms with Gasteiger partial charge in [0.05, 0.1) is 23.6 Å². The van der Waals surface area contributed by atoms with Crippen molar-refractivity contribution in [2.75, 3.05) is 25.1 Å². The molecule has 1 aromatic rings. The molecule has 1 atom stereocenters. The van der Waals surface area contributed by atoms with Crippen LogP contribution < -0.4 is 4.90 Å². The number of hydrogen-bond acceptors (Lipinski definition) is 4. The molecule has 1 aliphatic heterocycles. The van der Waals surface area contributed by atoms with E-state index in [9.17, 15) is 4.79 Å². The Bertz CT molecular complexity index is 525. The fourth-order valence-electron chi connectivity index (χ4n) is 2.36. The molecule has 0 saturated carbocycles. The van der Waals surface area contributed by atoms with Crippen molar-refractivity contribution >= 4 is 23.3 Å². The van der Waals surface area contributed by atoms with E-state index in [1.165, 1.54) is 7.11 Å². The summed E-state index contributed by atoms with van der Waals surface area (Å²) in [5, 5.41) is 9.30. The van der Waals surface area contributed by atoms with E-state index >= 15 is 0 Å². The molecular weight excluding hydrogens is 264 g/mol. The topological polar surface area (TPSA) is 53.3 Å². The Morgan fingerprint density at radius 2 is 2.37 bits per heavy atom. The lowest BCUT2D eigenvalue weighted by Gasteiger charge is -2.33. The average Bonchev–Trinajstić information content (AvgIpc) is 2.46. The zero-order valence-corrected chi connectivity index (χ0v) is 11.5. The Balaban J connectivity index is 2.16. The van der Waals surface area contributed by atoms with Crippen molar-refractivity contribution in [3.63, 3.8) is 0 Å². The molecule has 1 aliphatic rings. The Kier molecular flexibility index (Phi) is 4.28. The molecule has 4 nitrogen and oxygen atoms in total. The molecule has 19 heavy (non-hydrogen) atoms. The normalized spacial score (nSPS) is 18.8. The van der Waals surface area contributed by atoms with Gasteiger partial charge in [0.1, 0.15) is 6.07 Å². The fraction of sp³-hybridized carbons (Fsp3) is 0.429. The molecule has 1 fully saturated rings. The largest absolute Gasteiger partial charge is 0.469 e. The third kappa shape index (κ3) is 2.99. The van der Waals surface area contributed by atoms with E-state index in [-0.39, 0.29) is 11.9 Å². The van der Waals surface area contributed by atoms with Crippen LogP contribution in [-0.4, -0.2) is 26.2 Å². The lowest BCUT2D eigenvalue weighted by atomic mass is 9.97. The van der Waals surface area contributed by atoms with Crippen LogP contribution in [0.5, 0.6) is 0 Å². The Morgan fingerprint density at radius 1 is 1.58 bits per heavy atom.